The van der Waals surface area contributed by atoms with Crippen molar-refractivity contribution < 1.29 is 4.79 Å². The van der Waals surface area contributed by atoms with Gasteiger partial charge < -0.3 is 5.32 Å². The molecule has 0 saturated heterocycles. The monoisotopic (exact) mass is 422 g/mol. The first kappa shape index (κ1) is 19.7. The van der Waals surface area contributed by atoms with E-state index in [9.17, 15) is 4.79 Å². The van der Waals surface area contributed by atoms with Crippen molar-refractivity contribution in [2.24, 2.45) is 0 Å². The zero-order chi connectivity index (χ0) is 21.8. The van der Waals surface area contributed by atoms with Gasteiger partial charge in [-0.25, -0.2) is 0 Å². The van der Waals surface area contributed by atoms with Crippen LogP contribution >= 0.6 is 0 Å². The number of hydrogen-bond donors (Lipinski definition) is 1. The number of tetrazole rings is 1. The lowest BCUT2D eigenvalue weighted by Crippen LogP contribution is -2.39. The number of nitrogens with one attached hydrogen (secondary N) is 1. The van der Waals surface area contributed by atoms with Gasteiger partial charge in [-0.1, -0.05) is 96.1 Å². The molecule has 0 unspecified atom stereocenters. The van der Waals surface area contributed by atoms with E-state index in [1.54, 1.807) is 4.68 Å². The number of fused-ring (bicyclic) bond motifs is 1. The largest absolute Gasteiger partial charge is 0.350 e. The Hall–Kier alpha value is -4.26. The first-order chi connectivity index (χ1) is 15.8. The molecule has 0 bridgehead atoms. The number of hydrogen-bond acceptors (Lipinski definition) is 5. The minimum atomic E-state index is -0.167. The summed E-state index contributed by atoms with van der Waals surface area (Å²) in [5.41, 5.74) is 4.02. The van der Waals surface area contributed by atoms with Gasteiger partial charge in [-0.2, -0.15) is 4.68 Å². The number of rotatable bonds is 6. The highest BCUT2D eigenvalue weighted by Crippen LogP contribution is 2.35. The van der Waals surface area contributed by atoms with Gasteiger partial charge in [-0.15, -0.1) is 0 Å². The maximum Gasteiger partial charge on any atom is 0.251 e. The third-order valence-corrected chi connectivity index (χ3v) is 5.43. The standard InChI is InChI=1S/C25H22N6O/c32-24(26-17-19-10-4-1-5-11-19)18-30-22(20-12-6-2-7-13-20)16-23(21-14-8-3-9-15-21)31-25(30)27-28-29-31/h1-16,23H,17-18H2,(H,26,32)/t23-/m1/s1. The number of benzene rings is 3. The molecule has 1 N–H and O–H groups in total. The fourth-order valence-corrected chi connectivity index (χ4v) is 3.86. The average Bonchev–Trinajstić information content (AvgIpc) is 3.35. The average molecular weight is 422 g/mol. The summed E-state index contributed by atoms with van der Waals surface area (Å²) in [6, 6.07) is 29.8. The lowest BCUT2D eigenvalue weighted by atomic mass is 10.0. The van der Waals surface area contributed by atoms with Gasteiger partial charge in [0, 0.05) is 6.54 Å². The Bertz CT molecular complexity index is 1220. The Morgan fingerprint density at radius 3 is 2.25 bits per heavy atom. The normalized spacial score (nSPS) is 15.1. The first-order valence-corrected chi connectivity index (χ1v) is 10.5. The van der Waals surface area contributed by atoms with Gasteiger partial charge in [0.05, 0.1) is 5.70 Å². The molecule has 2 heterocycles. The molecule has 32 heavy (non-hydrogen) atoms. The Labute approximate surface area is 186 Å². The van der Waals surface area contributed by atoms with E-state index in [1.165, 1.54) is 0 Å². The number of allylic oxidation sites excluding steroid dienone is 1. The Morgan fingerprint density at radius 1 is 0.875 bits per heavy atom. The van der Waals surface area contributed by atoms with Crippen LogP contribution < -0.4 is 10.2 Å². The lowest BCUT2D eigenvalue weighted by Gasteiger charge is -2.32. The molecule has 0 saturated carbocycles. The van der Waals surface area contributed by atoms with Gasteiger partial charge in [0.15, 0.2) is 0 Å². The van der Waals surface area contributed by atoms with Gasteiger partial charge in [0.1, 0.15) is 12.6 Å². The second-order valence-corrected chi connectivity index (χ2v) is 7.55. The molecule has 1 aliphatic heterocycles. The molecule has 5 rings (SSSR count). The zero-order valence-electron chi connectivity index (χ0n) is 17.4. The molecule has 1 aromatic heterocycles. The first-order valence-electron chi connectivity index (χ1n) is 10.5. The van der Waals surface area contributed by atoms with Crippen LogP contribution in [0, 0.1) is 0 Å². The molecule has 158 valence electrons. The van der Waals surface area contributed by atoms with Gasteiger partial charge >= 0.3 is 0 Å². The quantitative estimate of drug-likeness (QED) is 0.515. The van der Waals surface area contributed by atoms with Crippen molar-refractivity contribution in [1.82, 2.24) is 25.5 Å². The lowest BCUT2D eigenvalue weighted by molar-refractivity contribution is -0.119. The maximum absolute atomic E-state index is 12.9. The molecule has 0 aliphatic carbocycles. The van der Waals surface area contributed by atoms with Crippen molar-refractivity contribution in [2.75, 3.05) is 11.4 Å². The number of nitrogens with zero attached hydrogens (tertiary/aromatic N) is 5. The summed E-state index contributed by atoms with van der Waals surface area (Å²) >= 11 is 0. The molecule has 3 aromatic carbocycles. The van der Waals surface area contributed by atoms with Crippen molar-refractivity contribution >= 4 is 17.6 Å². The molecule has 1 atom stereocenters. The minimum Gasteiger partial charge on any atom is -0.350 e. The molecular formula is C25H22N6O. The van der Waals surface area contributed by atoms with E-state index in [2.05, 4.69) is 39.1 Å². The van der Waals surface area contributed by atoms with E-state index in [4.69, 9.17) is 0 Å². The molecule has 1 amide bonds. The summed E-state index contributed by atoms with van der Waals surface area (Å²) < 4.78 is 1.76. The Kier molecular flexibility index (Phi) is 5.45. The molecule has 0 radical (unpaired) electrons. The van der Waals surface area contributed by atoms with Crippen molar-refractivity contribution in [3.63, 3.8) is 0 Å². The summed E-state index contributed by atoms with van der Waals surface area (Å²) in [4.78, 5) is 14.8. The van der Waals surface area contributed by atoms with Crippen molar-refractivity contribution in [1.29, 1.82) is 0 Å². The smallest absolute Gasteiger partial charge is 0.251 e. The highest BCUT2D eigenvalue weighted by atomic mass is 16.2. The van der Waals surface area contributed by atoms with E-state index in [-0.39, 0.29) is 18.5 Å². The fourth-order valence-electron chi connectivity index (χ4n) is 3.86. The predicted molar refractivity (Wildman–Crippen MR) is 122 cm³/mol. The highest BCUT2D eigenvalue weighted by Gasteiger charge is 2.31. The third kappa shape index (κ3) is 4.00. The van der Waals surface area contributed by atoms with Gasteiger partial charge in [-0.3, -0.25) is 9.69 Å². The summed E-state index contributed by atoms with van der Waals surface area (Å²) in [5, 5.41) is 15.4. The van der Waals surface area contributed by atoms with Crippen LogP contribution in [0.5, 0.6) is 0 Å². The van der Waals surface area contributed by atoms with Crippen LogP contribution in [-0.4, -0.2) is 32.7 Å². The minimum absolute atomic E-state index is 0.107. The number of aromatic nitrogens is 4. The molecular weight excluding hydrogens is 400 g/mol. The third-order valence-electron chi connectivity index (χ3n) is 5.43. The van der Waals surface area contributed by atoms with E-state index in [0.717, 1.165) is 22.4 Å². The van der Waals surface area contributed by atoms with Crippen LogP contribution in [0.4, 0.5) is 5.95 Å². The molecule has 0 fully saturated rings. The van der Waals surface area contributed by atoms with Crippen LogP contribution in [-0.2, 0) is 11.3 Å². The summed E-state index contributed by atoms with van der Waals surface area (Å²) in [6.45, 7) is 0.574. The number of carbonyl (C=O) groups excluding carboxylic acids is 1. The highest BCUT2D eigenvalue weighted by molar-refractivity contribution is 5.89. The second-order valence-electron chi connectivity index (χ2n) is 7.55. The van der Waals surface area contributed by atoms with Crippen LogP contribution in [0.2, 0.25) is 0 Å². The maximum atomic E-state index is 12.9. The Morgan fingerprint density at radius 2 is 1.53 bits per heavy atom. The number of carbonyl (C=O) groups is 1. The predicted octanol–water partition coefficient (Wildman–Crippen LogP) is 3.44. The second kappa shape index (κ2) is 8.85. The van der Waals surface area contributed by atoms with Crippen molar-refractivity contribution in [3.8, 4) is 0 Å². The SMILES string of the molecule is O=C(CN1C(c2ccccc2)=C[C@H](c2ccccc2)n2nnnc21)NCc1ccccc1. The molecule has 1 aliphatic rings. The summed E-state index contributed by atoms with van der Waals surface area (Å²) in [7, 11) is 0. The van der Waals surface area contributed by atoms with Crippen molar-refractivity contribution in [2.45, 2.75) is 12.6 Å². The zero-order valence-corrected chi connectivity index (χ0v) is 17.4. The number of amides is 1. The van der Waals surface area contributed by atoms with Gasteiger partial charge in [-0.05, 0) is 33.2 Å². The van der Waals surface area contributed by atoms with E-state index in [0.29, 0.717) is 12.5 Å². The van der Waals surface area contributed by atoms with E-state index in [1.807, 2.05) is 83.8 Å². The molecule has 0 spiro atoms. The van der Waals surface area contributed by atoms with Crippen molar-refractivity contribution in [3.05, 3.63) is 114 Å². The molecule has 4 aromatic rings. The molecule has 7 heteroatoms. The molecule has 7 nitrogen and oxygen atoms in total. The number of anilines is 1. The van der Waals surface area contributed by atoms with Gasteiger partial charge in [0.25, 0.3) is 5.95 Å². The summed E-state index contributed by atoms with van der Waals surface area (Å²) in [5.74, 6) is 0.429. The van der Waals surface area contributed by atoms with Crippen LogP contribution in [0.3, 0.4) is 0 Å². The van der Waals surface area contributed by atoms with E-state index < -0.39 is 0 Å². The topological polar surface area (TPSA) is 75.9 Å². The van der Waals surface area contributed by atoms with Crippen LogP contribution in [0.25, 0.3) is 5.70 Å². The van der Waals surface area contributed by atoms with Gasteiger partial charge in [0.2, 0.25) is 5.91 Å². The fraction of sp³-hybridized carbons (Fsp3) is 0.120. The van der Waals surface area contributed by atoms with Crippen LogP contribution in [0.1, 0.15) is 22.7 Å². The summed E-state index contributed by atoms with van der Waals surface area (Å²) in [6.07, 6.45) is 2.11. The Balaban J connectivity index is 1.47. The van der Waals surface area contributed by atoms with E-state index >= 15 is 0 Å². The van der Waals surface area contributed by atoms with Crippen LogP contribution in [0.15, 0.2) is 97.1 Å².